The monoisotopic (exact) mass is 487 g/mol. The number of halogens is 1. The first kappa shape index (κ1) is 21.9. The van der Waals surface area contributed by atoms with Gasteiger partial charge in [0.25, 0.3) is 0 Å². The van der Waals surface area contributed by atoms with Crippen molar-refractivity contribution in [2.75, 3.05) is 0 Å². The van der Waals surface area contributed by atoms with Gasteiger partial charge in [-0.1, -0.05) is 83.0 Å². The van der Waals surface area contributed by atoms with Crippen LogP contribution >= 0.6 is 15.9 Å². The zero-order chi connectivity index (χ0) is 22.7. The van der Waals surface area contributed by atoms with Crippen LogP contribution in [0.3, 0.4) is 0 Å². The highest BCUT2D eigenvalue weighted by molar-refractivity contribution is 9.10. The van der Waals surface area contributed by atoms with Gasteiger partial charge in [-0.3, -0.25) is 4.79 Å². The molecule has 32 heavy (non-hydrogen) atoms. The Balaban J connectivity index is 1.74. The Morgan fingerprint density at radius 2 is 1.69 bits per heavy atom. The van der Waals surface area contributed by atoms with E-state index in [2.05, 4.69) is 15.9 Å². The van der Waals surface area contributed by atoms with E-state index in [9.17, 15) is 9.59 Å². The van der Waals surface area contributed by atoms with E-state index in [1.54, 1.807) is 30.3 Å². The minimum Gasteiger partial charge on any atom is -0.450 e. The maximum atomic E-state index is 13.3. The molecule has 4 aromatic rings. The Hall–Kier alpha value is -3.31. The molecule has 4 rings (SSSR count). The molecule has 1 aromatic heterocycles. The number of benzene rings is 3. The second-order valence-electron chi connectivity index (χ2n) is 7.62. The summed E-state index contributed by atoms with van der Waals surface area (Å²) in [6.45, 7) is 3.85. The molecule has 0 fully saturated rings. The SMILES string of the molecule is CCC(OC(=O)c1cc(-c2ccc(C)cc2)nc2ccc(Br)cc12)C(=O)c1ccccc1. The zero-order valence-corrected chi connectivity index (χ0v) is 19.4. The van der Waals surface area contributed by atoms with Crippen LogP contribution < -0.4 is 0 Å². The molecule has 1 unspecified atom stereocenters. The molecule has 0 saturated heterocycles. The van der Waals surface area contributed by atoms with Crippen LogP contribution in [-0.2, 0) is 4.74 Å². The summed E-state index contributed by atoms with van der Waals surface area (Å²) in [5, 5.41) is 0.669. The molecule has 0 aliphatic rings. The summed E-state index contributed by atoms with van der Waals surface area (Å²) in [5.41, 5.74) is 4.31. The number of rotatable bonds is 6. The number of Topliss-reactive ketones (excluding diaryl/α,β-unsaturated/α-hetero) is 1. The van der Waals surface area contributed by atoms with E-state index < -0.39 is 12.1 Å². The third-order valence-electron chi connectivity index (χ3n) is 5.31. The van der Waals surface area contributed by atoms with E-state index in [-0.39, 0.29) is 5.78 Å². The molecule has 0 saturated carbocycles. The molecule has 160 valence electrons. The summed E-state index contributed by atoms with van der Waals surface area (Å²) in [4.78, 5) is 30.9. The van der Waals surface area contributed by atoms with Gasteiger partial charge in [-0.15, -0.1) is 0 Å². The Bertz CT molecular complexity index is 1280. The standard InChI is InChI=1S/C27H22BrNO3/c1-3-25(26(30)19-7-5-4-6-8-19)32-27(31)22-16-24(18-11-9-17(2)10-12-18)29-23-14-13-20(28)15-21(22)23/h4-16,25H,3H2,1-2H3. The quantitative estimate of drug-likeness (QED) is 0.222. The fourth-order valence-corrected chi connectivity index (χ4v) is 3.90. The number of pyridine rings is 1. The first-order chi connectivity index (χ1) is 15.5. The topological polar surface area (TPSA) is 56.3 Å². The van der Waals surface area contributed by atoms with E-state index in [0.29, 0.717) is 34.1 Å². The number of hydrogen-bond acceptors (Lipinski definition) is 4. The Labute approximate surface area is 195 Å². The molecule has 4 nitrogen and oxygen atoms in total. The molecule has 0 aliphatic carbocycles. The number of aromatic nitrogens is 1. The molecule has 0 radical (unpaired) electrons. The summed E-state index contributed by atoms with van der Waals surface area (Å²) in [7, 11) is 0. The molecule has 3 aromatic carbocycles. The summed E-state index contributed by atoms with van der Waals surface area (Å²) < 4.78 is 6.56. The van der Waals surface area contributed by atoms with Crippen LogP contribution in [0.5, 0.6) is 0 Å². The van der Waals surface area contributed by atoms with Crippen LogP contribution in [0.15, 0.2) is 83.3 Å². The molecule has 5 heteroatoms. The highest BCUT2D eigenvalue weighted by Crippen LogP contribution is 2.28. The second kappa shape index (κ2) is 9.45. The molecule has 0 spiro atoms. The van der Waals surface area contributed by atoms with Crippen molar-refractivity contribution in [3.63, 3.8) is 0 Å². The first-order valence-electron chi connectivity index (χ1n) is 10.4. The van der Waals surface area contributed by atoms with Gasteiger partial charge in [0.15, 0.2) is 6.10 Å². The van der Waals surface area contributed by atoms with Crippen LogP contribution in [0.2, 0.25) is 0 Å². The van der Waals surface area contributed by atoms with Gasteiger partial charge in [0.1, 0.15) is 0 Å². The number of ether oxygens (including phenoxy) is 1. The van der Waals surface area contributed by atoms with Crippen molar-refractivity contribution in [3.05, 3.63) is 100 Å². The van der Waals surface area contributed by atoms with Gasteiger partial charge in [-0.2, -0.15) is 0 Å². The molecular formula is C27H22BrNO3. The Morgan fingerprint density at radius 1 is 0.969 bits per heavy atom. The molecule has 0 aliphatic heterocycles. The maximum Gasteiger partial charge on any atom is 0.339 e. The Kier molecular flexibility index (Phi) is 6.47. The lowest BCUT2D eigenvalue weighted by Crippen LogP contribution is -2.27. The molecule has 1 heterocycles. The number of carbonyl (C=O) groups is 2. The van der Waals surface area contributed by atoms with Gasteiger partial charge in [0.2, 0.25) is 5.78 Å². The summed E-state index contributed by atoms with van der Waals surface area (Å²) in [6.07, 6.45) is -0.472. The minimum atomic E-state index is -0.858. The van der Waals surface area contributed by atoms with Gasteiger partial charge in [0.05, 0.1) is 16.8 Å². The largest absolute Gasteiger partial charge is 0.450 e. The van der Waals surface area contributed by atoms with Crippen molar-refractivity contribution in [2.45, 2.75) is 26.4 Å². The number of aryl methyl sites for hydroxylation is 1. The average molecular weight is 488 g/mol. The lowest BCUT2D eigenvalue weighted by Gasteiger charge is -2.17. The fraction of sp³-hybridized carbons (Fsp3) is 0.148. The molecule has 0 amide bonds. The third-order valence-corrected chi connectivity index (χ3v) is 5.80. The summed E-state index contributed by atoms with van der Waals surface area (Å²) in [5.74, 6) is -0.750. The van der Waals surface area contributed by atoms with E-state index in [1.165, 1.54) is 0 Å². The number of hydrogen-bond donors (Lipinski definition) is 0. The number of carbonyl (C=O) groups excluding carboxylic acids is 2. The van der Waals surface area contributed by atoms with Crippen molar-refractivity contribution in [2.24, 2.45) is 0 Å². The Morgan fingerprint density at radius 3 is 2.38 bits per heavy atom. The minimum absolute atomic E-state index is 0.209. The van der Waals surface area contributed by atoms with Crippen LogP contribution in [-0.4, -0.2) is 22.8 Å². The third kappa shape index (κ3) is 4.63. The number of esters is 1. The normalized spacial score (nSPS) is 11.8. The zero-order valence-electron chi connectivity index (χ0n) is 17.8. The van der Waals surface area contributed by atoms with Gasteiger partial charge in [-0.25, -0.2) is 9.78 Å². The van der Waals surface area contributed by atoms with E-state index in [0.717, 1.165) is 15.6 Å². The predicted octanol–water partition coefficient (Wildman–Crippen LogP) is 6.79. The number of fused-ring (bicyclic) bond motifs is 1. The highest BCUT2D eigenvalue weighted by atomic mass is 79.9. The lowest BCUT2D eigenvalue weighted by molar-refractivity contribution is 0.0279. The predicted molar refractivity (Wildman–Crippen MR) is 130 cm³/mol. The highest BCUT2D eigenvalue weighted by Gasteiger charge is 2.25. The maximum absolute atomic E-state index is 13.3. The van der Waals surface area contributed by atoms with E-state index in [4.69, 9.17) is 9.72 Å². The smallest absolute Gasteiger partial charge is 0.339 e. The number of ketones is 1. The summed E-state index contributed by atoms with van der Waals surface area (Å²) in [6, 6.07) is 24.2. The van der Waals surface area contributed by atoms with Crippen LogP contribution in [0.25, 0.3) is 22.2 Å². The molecule has 1 atom stereocenters. The fourth-order valence-electron chi connectivity index (χ4n) is 3.54. The average Bonchev–Trinajstić information content (AvgIpc) is 2.82. The van der Waals surface area contributed by atoms with E-state index in [1.807, 2.05) is 62.4 Å². The molecule has 0 N–H and O–H groups in total. The van der Waals surface area contributed by atoms with Gasteiger partial charge in [0, 0.05) is 21.0 Å². The van der Waals surface area contributed by atoms with Gasteiger partial charge in [-0.05, 0) is 37.6 Å². The lowest BCUT2D eigenvalue weighted by atomic mass is 10.0. The van der Waals surface area contributed by atoms with Gasteiger partial charge >= 0.3 is 5.97 Å². The van der Waals surface area contributed by atoms with Crippen molar-refractivity contribution in [3.8, 4) is 11.3 Å². The van der Waals surface area contributed by atoms with Crippen molar-refractivity contribution < 1.29 is 14.3 Å². The molecular weight excluding hydrogens is 466 g/mol. The van der Waals surface area contributed by atoms with Crippen molar-refractivity contribution >= 4 is 38.6 Å². The van der Waals surface area contributed by atoms with Crippen LogP contribution in [0, 0.1) is 6.92 Å². The van der Waals surface area contributed by atoms with Gasteiger partial charge < -0.3 is 4.74 Å². The summed E-state index contributed by atoms with van der Waals surface area (Å²) >= 11 is 3.47. The number of nitrogens with zero attached hydrogens (tertiary/aromatic N) is 1. The van der Waals surface area contributed by atoms with Crippen LogP contribution in [0.1, 0.15) is 39.6 Å². The van der Waals surface area contributed by atoms with Crippen molar-refractivity contribution in [1.29, 1.82) is 0 Å². The first-order valence-corrected chi connectivity index (χ1v) is 11.2. The van der Waals surface area contributed by atoms with Crippen molar-refractivity contribution in [1.82, 2.24) is 4.98 Å². The second-order valence-corrected chi connectivity index (χ2v) is 8.53. The van der Waals surface area contributed by atoms with Crippen LogP contribution in [0.4, 0.5) is 0 Å². The van der Waals surface area contributed by atoms with E-state index >= 15 is 0 Å². The molecule has 0 bridgehead atoms.